The van der Waals surface area contributed by atoms with Gasteiger partial charge in [0.15, 0.2) is 0 Å². The molecule has 3 nitrogen and oxygen atoms in total. The fraction of sp³-hybridized carbons (Fsp3) is 0.125. The van der Waals surface area contributed by atoms with Crippen LogP contribution in [0.3, 0.4) is 0 Å². The van der Waals surface area contributed by atoms with E-state index in [9.17, 15) is 0 Å². The van der Waals surface area contributed by atoms with Crippen LogP contribution in [-0.4, -0.2) is 14.5 Å². The summed E-state index contributed by atoms with van der Waals surface area (Å²) >= 11 is 0. The molecule has 2 rings (SSSR count). The molecule has 0 saturated heterocycles. The van der Waals surface area contributed by atoms with Crippen molar-refractivity contribution >= 4 is 5.65 Å². The van der Waals surface area contributed by atoms with E-state index in [2.05, 4.69) is 4.98 Å². The third kappa shape index (κ3) is 0.941. The molecule has 0 bridgehead atoms. The summed E-state index contributed by atoms with van der Waals surface area (Å²) in [5, 5.41) is 9.02. The third-order valence-electron chi connectivity index (χ3n) is 1.60. The number of rotatable bonds is 0. The molecule has 0 saturated carbocycles. The fourth-order valence-corrected chi connectivity index (χ4v) is 1.07. The van der Waals surface area contributed by atoms with E-state index < -0.39 is 0 Å². The van der Waals surface area contributed by atoms with Gasteiger partial charge in [-0.15, -0.1) is 0 Å². The summed E-state index contributed by atoms with van der Waals surface area (Å²) in [7, 11) is 0. The summed E-state index contributed by atoms with van der Waals surface area (Å²) in [6.45, 7) is 1.99. The molecule has 0 unspecified atom stereocenters. The van der Waals surface area contributed by atoms with Gasteiger partial charge in [-0.2, -0.15) is 4.98 Å². The lowest BCUT2D eigenvalue weighted by atomic mass is 10.3. The second kappa shape index (κ2) is 1.99. The fourth-order valence-electron chi connectivity index (χ4n) is 1.07. The molecule has 0 spiro atoms. The molecule has 56 valence electrons. The first-order valence-electron chi connectivity index (χ1n) is 3.40. The second-order valence-electron chi connectivity index (χ2n) is 2.57. The van der Waals surface area contributed by atoms with Crippen LogP contribution in [0.25, 0.3) is 5.65 Å². The highest BCUT2D eigenvalue weighted by Gasteiger charge is 1.97. The van der Waals surface area contributed by atoms with Crippen LogP contribution in [-0.2, 0) is 0 Å². The number of aromatic hydroxyl groups is 1. The van der Waals surface area contributed by atoms with Crippen LogP contribution < -0.4 is 0 Å². The minimum atomic E-state index is 0.0654. The van der Waals surface area contributed by atoms with E-state index >= 15 is 0 Å². The Kier molecular flexibility index (Phi) is 1.12. The molecule has 2 aromatic heterocycles. The van der Waals surface area contributed by atoms with Crippen LogP contribution in [0.15, 0.2) is 24.5 Å². The normalized spacial score (nSPS) is 10.6. The van der Waals surface area contributed by atoms with Gasteiger partial charge in [0.25, 0.3) is 0 Å². The predicted molar refractivity (Wildman–Crippen MR) is 41.6 cm³/mol. The first-order valence-corrected chi connectivity index (χ1v) is 3.40. The molecule has 0 aliphatic carbocycles. The van der Waals surface area contributed by atoms with Gasteiger partial charge in [0.05, 0.1) is 6.20 Å². The number of hydrogen-bond donors (Lipinski definition) is 1. The van der Waals surface area contributed by atoms with Crippen LogP contribution in [0.2, 0.25) is 0 Å². The molecule has 2 heterocycles. The van der Waals surface area contributed by atoms with Gasteiger partial charge in [-0.1, -0.05) is 0 Å². The molecule has 0 radical (unpaired) electrons. The molecular formula is C8H8N2O. The number of aryl methyl sites for hydroxylation is 1. The first-order chi connectivity index (χ1) is 5.25. The summed E-state index contributed by atoms with van der Waals surface area (Å²) in [5.41, 5.74) is 1.92. The van der Waals surface area contributed by atoms with Crippen molar-refractivity contribution in [3.8, 4) is 5.88 Å². The van der Waals surface area contributed by atoms with Crippen molar-refractivity contribution < 1.29 is 5.11 Å². The molecular weight excluding hydrogens is 140 g/mol. The van der Waals surface area contributed by atoms with E-state index in [-0.39, 0.29) is 5.88 Å². The summed E-state index contributed by atoms with van der Waals surface area (Å²) in [6, 6.07) is 3.88. The molecule has 0 aromatic carbocycles. The number of aromatic nitrogens is 2. The molecule has 0 amide bonds. The number of pyridine rings is 1. The van der Waals surface area contributed by atoms with Crippen LogP contribution >= 0.6 is 0 Å². The van der Waals surface area contributed by atoms with Crippen LogP contribution in [0, 0.1) is 6.92 Å². The maximum atomic E-state index is 9.02. The van der Waals surface area contributed by atoms with Gasteiger partial charge in [0, 0.05) is 6.20 Å². The molecule has 0 atom stereocenters. The summed E-state index contributed by atoms with van der Waals surface area (Å²) in [6.07, 6.45) is 3.45. The summed E-state index contributed by atoms with van der Waals surface area (Å²) in [5.74, 6) is 0.0654. The van der Waals surface area contributed by atoms with E-state index in [1.54, 1.807) is 10.6 Å². The first kappa shape index (κ1) is 6.22. The Labute approximate surface area is 63.9 Å². The number of nitrogens with zero attached hydrogens (tertiary/aromatic N) is 2. The van der Waals surface area contributed by atoms with E-state index in [4.69, 9.17) is 5.11 Å². The minimum Gasteiger partial charge on any atom is -0.492 e. The molecule has 3 heteroatoms. The molecule has 0 aliphatic heterocycles. The monoisotopic (exact) mass is 148 g/mol. The van der Waals surface area contributed by atoms with Crippen LogP contribution in [0.1, 0.15) is 5.56 Å². The van der Waals surface area contributed by atoms with Crippen LogP contribution in [0.5, 0.6) is 5.88 Å². The summed E-state index contributed by atoms with van der Waals surface area (Å²) in [4.78, 5) is 3.89. The Hall–Kier alpha value is -1.51. The highest BCUT2D eigenvalue weighted by molar-refractivity contribution is 5.43. The van der Waals surface area contributed by atoms with Crippen molar-refractivity contribution in [3.05, 3.63) is 30.1 Å². The topological polar surface area (TPSA) is 37.5 Å². The molecule has 1 N–H and O–H groups in total. The lowest BCUT2D eigenvalue weighted by molar-refractivity contribution is 0.457. The Balaban J connectivity index is 2.82. The van der Waals surface area contributed by atoms with E-state index in [1.165, 1.54) is 0 Å². The molecule has 0 aliphatic rings. The highest BCUT2D eigenvalue weighted by atomic mass is 16.3. The van der Waals surface area contributed by atoms with Gasteiger partial charge < -0.3 is 9.51 Å². The van der Waals surface area contributed by atoms with E-state index in [0.29, 0.717) is 0 Å². The summed E-state index contributed by atoms with van der Waals surface area (Å²) < 4.78 is 1.78. The number of imidazole rings is 1. The Morgan fingerprint density at radius 1 is 1.55 bits per heavy atom. The number of fused-ring (bicyclic) bond motifs is 1. The zero-order valence-electron chi connectivity index (χ0n) is 6.15. The Morgan fingerprint density at radius 3 is 3.18 bits per heavy atom. The van der Waals surface area contributed by atoms with Crippen molar-refractivity contribution in [3.63, 3.8) is 0 Å². The van der Waals surface area contributed by atoms with Crippen molar-refractivity contribution in [2.45, 2.75) is 6.92 Å². The van der Waals surface area contributed by atoms with Crippen molar-refractivity contribution in [1.29, 1.82) is 0 Å². The smallest absolute Gasteiger partial charge is 0.230 e. The Bertz CT molecular complexity index is 392. The van der Waals surface area contributed by atoms with Gasteiger partial charge in [0.2, 0.25) is 5.88 Å². The maximum Gasteiger partial charge on any atom is 0.230 e. The average Bonchev–Trinajstić information content (AvgIpc) is 2.27. The van der Waals surface area contributed by atoms with Gasteiger partial charge in [0.1, 0.15) is 5.65 Å². The third-order valence-corrected chi connectivity index (χ3v) is 1.60. The quantitative estimate of drug-likeness (QED) is 0.612. The average molecular weight is 148 g/mol. The standard InChI is InChI=1S/C8H8N2O/c1-6-2-3-10-5-8(11)9-7(10)4-6/h2-5,11H,1H3. The molecule has 11 heavy (non-hydrogen) atoms. The minimum absolute atomic E-state index is 0.0654. The second-order valence-corrected chi connectivity index (χ2v) is 2.57. The largest absolute Gasteiger partial charge is 0.492 e. The van der Waals surface area contributed by atoms with Gasteiger partial charge >= 0.3 is 0 Å². The van der Waals surface area contributed by atoms with E-state index in [1.807, 2.05) is 25.3 Å². The highest BCUT2D eigenvalue weighted by Crippen LogP contribution is 2.10. The van der Waals surface area contributed by atoms with Gasteiger partial charge in [-0.3, -0.25) is 0 Å². The Morgan fingerprint density at radius 2 is 2.36 bits per heavy atom. The SMILES string of the molecule is Cc1ccn2cc(O)nc2c1. The van der Waals surface area contributed by atoms with E-state index in [0.717, 1.165) is 11.2 Å². The molecule has 0 fully saturated rings. The zero-order chi connectivity index (χ0) is 7.84. The van der Waals surface area contributed by atoms with Crippen LogP contribution in [0.4, 0.5) is 0 Å². The van der Waals surface area contributed by atoms with Crippen molar-refractivity contribution in [2.75, 3.05) is 0 Å². The molecule has 2 aromatic rings. The lowest BCUT2D eigenvalue weighted by Crippen LogP contribution is -1.81. The lowest BCUT2D eigenvalue weighted by Gasteiger charge is -1.92. The predicted octanol–water partition coefficient (Wildman–Crippen LogP) is 1.35. The zero-order valence-corrected chi connectivity index (χ0v) is 6.15. The number of hydrogen-bond acceptors (Lipinski definition) is 2. The van der Waals surface area contributed by atoms with Gasteiger partial charge in [-0.05, 0) is 24.6 Å². The van der Waals surface area contributed by atoms with Crippen molar-refractivity contribution in [1.82, 2.24) is 9.38 Å². The van der Waals surface area contributed by atoms with Crippen molar-refractivity contribution in [2.24, 2.45) is 0 Å². The maximum absolute atomic E-state index is 9.02. The van der Waals surface area contributed by atoms with Gasteiger partial charge in [-0.25, -0.2) is 0 Å².